The molecule has 2 aromatic heterocycles. The van der Waals surface area contributed by atoms with E-state index in [1.165, 1.54) is 11.3 Å². The number of carbonyl (C=O) groups excluding carboxylic acids is 1. The molecular formula is C20H18Cl2N4O3S. The molecule has 0 saturated carbocycles. The summed E-state index contributed by atoms with van der Waals surface area (Å²) < 4.78 is 6.42. The molecule has 1 unspecified atom stereocenters. The standard InChI is InChI=1S/C20H18Cl2N4O3S/c1-11(2)26(10-18-23-24-19(28-18)12-5-3-4-6-13(12)21)20(27)15-9-14(25-29-15)16-7-8-17(22)30-16/h3-8,11,15H,9-10H2,1-2H3. The summed E-state index contributed by atoms with van der Waals surface area (Å²) >= 11 is 13.6. The van der Waals surface area contributed by atoms with Crippen LogP contribution >= 0.6 is 34.5 Å². The highest BCUT2D eigenvalue weighted by molar-refractivity contribution is 7.18. The SMILES string of the molecule is CC(C)N(Cc1nnc(-c2ccccc2Cl)o1)C(=O)C1CC(c2ccc(Cl)s2)=NO1. The first-order valence-electron chi connectivity index (χ1n) is 9.28. The maximum atomic E-state index is 13.1. The summed E-state index contributed by atoms with van der Waals surface area (Å²) in [4.78, 5) is 21.1. The highest BCUT2D eigenvalue weighted by atomic mass is 35.5. The number of aromatic nitrogens is 2. The average Bonchev–Trinajstić information content (AvgIpc) is 3.46. The Morgan fingerprint density at radius 2 is 2.03 bits per heavy atom. The van der Waals surface area contributed by atoms with E-state index in [0.29, 0.717) is 38.8 Å². The Balaban J connectivity index is 1.46. The van der Waals surface area contributed by atoms with Crippen LogP contribution in [0.3, 0.4) is 0 Å². The van der Waals surface area contributed by atoms with Gasteiger partial charge in [0, 0.05) is 12.5 Å². The molecular weight excluding hydrogens is 447 g/mol. The van der Waals surface area contributed by atoms with Crippen LogP contribution in [0.5, 0.6) is 0 Å². The molecule has 3 heterocycles. The second-order valence-electron chi connectivity index (χ2n) is 6.98. The summed E-state index contributed by atoms with van der Waals surface area (Å²) in [6, 6.07) is 10.8. The van der Waals surface area contributed by atoms with E-state index in [1.807, 2.05) is 32.0 Å². The van der Waals surface area contributed by atoms with Crippen molar-refractivity contribution in [2.45, 2.75) is 39.0 Å². The van der Waals surface area contributed by atoms with Crippen LogP contribution in [0, 0.1) is 0 Å². The van der Waals surface area contributed by atoms with Crippen LogP contribution in [0.1, 0.15) is 31.0 Å². The highest BCUT2D eigenvalue weighted by Crippen LogP contribution is 2.29. The molecule has 0 aliphatic carbocycles. The third-order valence-electron chi connectivity index (χ3n) is 4.59. The zero-order valence-electron chi connectivity index (χ0n) is 16.2. The van der Waals surface area contributed by atoms with Gasteiger partial charge < -0.3 is 14.2 Å². The molecule has 1 aliphatic heterocycles. The Hall–Kier alpha value is -2.42. The Kier molecular flexibility index (Phi) is 6.08. The smallest absolute Gasteiger partial charge is 0.267 e. The molecule has 0 radical (unpaired) electrons. The largest absolute Gasteiger partial charge is 0.419 e. The van der Waals surface area contributed by atoms with Gasteiger partial charge in [0.2, 0.25) is 17.9 Å². The van der Waals surface area contributed by atoms with Crippen molar-refractivity contribution in [2.75, 3.05) is 0 Å². The zero-order chi connectivity index (χ0) is 21.3. The van der Waals surface area contributed by atoms with Gasteiger partial charge in [-0.15, -0.1) is 21.5 Å². The van der Waals surface area contributed by atoms with Crippen molar-refractivity contribution < 1.29 is 14.0 Å². The zero-order valence-corrected chi connectivity index (χ0v) is 18.5. The molecule has 3 aromatic rings. The summed E-state index contributed by atoms with van der Waals surface area (Å²) in [7, 11) is 0. The molecule has 4 rings (SSSR count). The minimum absolute atomic E-state index is 0.100. The van der Waals surface area contributed by atoms with Crippen molar-refractivity contribution in [3.05, 3.63) is 56.5 Å². The van der Waals surface area contributed by atoms with Gasteiger partial charge in [-0.05, 0) is 38.1 Å². The first-order valence-corrected chi connectivity index (χ1v) is 10.9. The molecule has 1 aromatic carbocycles. The number of halogens is 2. The van der Waals surface area contributed by atoms with E-state index in [1.54, 1.807) is 23.1 Å². The van der Waals surface area contributed by atoms with Crippen LogP contribution in [-0.4, -0.2) is 38.9 Å². The van der Waals surface area contributed by atoms with Crippen molar-refractivity contribution >= 4 is 46.2 Å². The van der Waals surface area contributed by atoms with Crippen LogP contribution in [0.4, 0.5) is 0 Å². The quantitative estimate of drug-likeness (QED) is 0.510. The summed E-state index contributed by atoms with van der Waals surface area (Å²) in [6.07, 6.45) is -0.317. The minimum atomic E-state index is -0.700. The van der Waals surface area contributed by atoms with Gasteiger partial charge in [-0.2, -0.15) is 0 Å². The second kappa shape index (κ2) is 8.75. The van der Waals surface area contributed by atoms with Gasteiger partial charge in [0.25, 0.3) is 5.91 Å². The third kappa shape index (κ3) is 4.35. The van der Waals surface area contributed by atoms with E-state index in [4.69, 9.17) is 32.5 Å². The molecule has 7 nitrogen and oxygen atoms in total. The average molecular weight is 465 g/mol. The molecule has 1 amide bonds. The lowest BCUT2D eigenvalue weighted by atomic mass is 10.1. The number of carbonyl (C=O) groups is 1. The lowest BCUT2D eigenvalue weighted by Crippen LogP contribution is -2.43. The van der Waals surface area contributed by atoms with Crippen molar-refractivity contribution in [3.8, 4) is 11.5 Å². The van der Waals surface area contributed by atoms with Gasteiger partial charge in [-0.3, -0.25) is 4.79 Å². The fourth-order valence-corrected chi connectivity index (χ4v) is 4.28. The van der Waals surface area contributed by atoms with E-state index in [0.717, 1.165) is 4.88 Å². The molecule has 0 bridgehead atoms. The molecule has 156 valence electrons. The van der Waals surface area contributed by atoms with Crippen molar-refractivity contribution in [1.29, 1.82) is 0 Å². The summed E-state index contributed by atoms with van der Waals surface area (Å²) in [5, 5.41) is 12.7. The number of oxime groups is 1. The van der Waals surface area contributed by atoms with Gasteiger partial charge in [0.05, 0.1) is 26.3 Å². The van der Waals surface area contributed by atoms with Crippen LogP contribution in [-0.2, 0) is 16.2 Å². The molecule has 0 saturated heterocycles. The predicted octanol–water partition coefficient (Wildman–Crippen LogP) is 5.04. The fourth-order valence-electron chi connectivity index (χ4n) is 3.03. The topological polar surface area (TPSA) is 80.8 Å². The molecule has 10 heteroatoms. The molecule has 30 heavy (non-hydrogen) atoms. The van der Waals surface area contributed by atoms with Crippen LogP contribution in [0.15, 0.2) is 46.0 Å². The summed E-state index contributed by atoms with van der Waals surface area (Å²) in [5.41, 5.74) is 1.36. The Morgan fingerprint density at radius 3 is 2.73 bits per heavy atom. The number of nitrogens with zero attached hydrogens (tertiary/aromatic N) is 4. The Labute approximate surface area is 187 Å². The molecule has 0 fully saturated rings. The highest BCUT2D eigenvalue weighted by Gasteiger charge is 2.34. The van der Waals surface area contributed by atoms with E-state index in [2.05, 4.69) is 15.4 Å². The number of benzene rings is 1. The lowest BCUT2D eigenvalue weighted by molar-refractivity contribution is -0.144. The van der Waals surface area contributed by atoms with E-state index in [9.17, 15) is 4.79 Å². The van der Waals surface area contributed by atoms with E-state index in [-0.39, 0.29) is 18.5 Å². The minimum Gasteiger partial charge on any atom is -0.419 e. The molecule has 0 spiro atoms. The monoisotopic (exact) mass is 464 g/mol. The van der Waals surface area contributed by atoms with Crippen molar-refractivity contribution in [2.24, 2.45) is 5.16 Å². The summed E-state index contributed by atoms with van der Waals surface area (Å²) in [6.45, 7) is 3.99. The number of thiophene rings is 1. The number of rotatable bonds is 6. The number of hydrogen-bond donors (Lipinski definition) is 0. The maximum Gasteiger partial charge on any atom is 0.267 e. The van der Waals surface area contributed by atoms with Crippen LogP contribution in [0.2, 0.25) is 9.36 Å². The maximum absolute atomic E-state index is 13.1. The lowest BCUT2D eigenvalue weighted by Gasteiger charge is -2.26. The predicted molar refractivity (Wildman–Crippen MR) is 116 cm³/mol. The van der Waals surface area contributed by atoms with Gasteiger partial charge in [0.15, 0.2) is 0 Å². The first-order chi connectivity index (χ1) is 14.4. The van der Waals surface area contributed by atoms with Gasteiger partial charge in [-0.25, -0.2) is 0 Å². The van der Waals surface area contributed by atoms with Gasteiger partial charge >= 0.3 is 0 Å². The normalized spacial score (nSPS) is 15.9. The fraction of sp³-hybridized carbons (Fsp3) is 0.300. The summed E-state index contributed by atoms with van der Waals surface area (Å²) in [5.74, 6) is 0.434. The van der Waals surface area contributed by atoms with Crippen molar-refractivity contribution in [3.63, 3.8) is 0 Å². The van der Waals surface area contributed by atoms with Crippen molar-refractivity contribution in [1.82, 2.24) is 15.1 Å². The van der Waals surface area contributed by atoms with E-state index < -0.39 is 6.10 Å². The molecule has 0 N–H and O–H groups in total. The number of hydrogen-bond acceptors (Lipinski definition) is 7. The Bertz CT molecular complexity index is 1100. The number of amides is 1. The Morgan fingerprint density at radius 1 is 1.23 bits per heavy atom. The van der Waals surface area contributed by atoms with E-state index >= 15 is 0 Å². The van der Waals surface area contributed by atoms with Crippen LogP contribution < -0.4 is 0 Å². The molecule has 1 aliphatic rings. The van der Waals surface area contributed by atoms with Gasteiger partial charge in [0.1, 0.15) is 5.71 Å². The molecule has 1 atom stereocenters. The third-order valence-corrected chi connectivity index (χ3v) is 6.19. The van der Waals surface area contributed by atoms with Crippen LogP contribution in [0.25, 0.3) is 11.5 Å². The second-order valence-corrected chi connectivity index (χ2v) is 9.10. The first kappa shape index (κ1) is 20.8. The van der Waals surface area contributed by atoms with Gasteiger partial charge in [-0.1, -0.05) is 40.5 Å².